The first-order chi connectivity index (χ1) is 12.7. The molecule has 2 aromatic rings. The van der Waals surface area contributed by atoms with Crippen LogP contribution in [0.4, 0.5) is 23.2 Å². The molecule has 1 aliphatic heterocycles. The molecule has 0 bridgehead atoms. The molecule has 3 N–H and O–H groups in total. The number of H-pyrrole nitrogens is 1. The highest BCUT2D eigenvalue weighted by Gasteiger charge is 2.39. The molecule has 0 saturated carbocycles. The van der Waals surface area contributed by atoms with Gasteiger partial charge < -0.3 is 15.1 Å². The van der Waals surface area contributed by atoms with Gasteiger partial charge in [0.2, 0.25) is 5.89 Å². The zero-order chi connectivity index (χ0) is 19.8. The van der Waals surface area contributed by atoms with Crippen molar-refractivity contribution in [2.75, 3.05) is 18.4 Å². The third-order valence-corrected chi connectivity index (χ3v) is 4.94. The summed E-state index contributed by atoms with van der Waals surface area (Å²) in [6.45, 7) is 5.36. The minimum Gasteiger partial charge on any atom is -0.388 e. The third kappa shape index (κ3) is 4.15. The lowest BCUT2D eigenvalue weighted by molar-refractivity contribution is -0.139. The first-order valence-corrected chi connectivity index (χ1v) is 8.60. The fourth-order valence-electron chi connectivity index (χ4n) is 3.61. The fraction of sp³-hybridized carbons (Fsp3) is 0.529. The molecule has 27 heavy (non-hydrogen) atoms. The lowest BCUT2D eigenvalue weighted by Gasteiger charge is -2.35. The predicted octanol–water partition coefficient (Wildman–Crippen LogP) is 3.23. The molecule has 0 amide bonds. The third-order valence-electron chi connectivity index (χ3n) is 4.94. The predicted molar refractivity (Wildman–Crippen MR) is 90.7 cm³/mol. The zero-order valence-corrected chi connectivity index (χ0v) is 14.8. The van der Waals surface area contributed by atoms with Gasteiger partial charge >= 0.3 is 11.9 Å². The van der Waals surface area contributed by atoms with E-state index in [0.29, 0.717) is 6.07 Å². The van der Waals surface area contributed by atoms with E-state index in [4.69, 9.17) is 4.42 Å². The topological polar surface area (TPSA) is 83.0 Å². The summed E-state index contributed by atoms with van der Waals surface area (Å²) in [6.07, 6.45) is -4.08. The molecule has 0 aliphatic carbocycles. The highest BCUT2D eigenvalue weighted by molar-refractivity contribution is 5.66. The van der Waals surface area contributed by atoms with Crippen LogP contribution in [0.1, 0.15) is 25.8 Å². The summed E-state index contributed by atoms with van der Waals surface area (Å²) in [6, 6.07) is 1.45. The zero-order valence-electron chi connectivity index (χ0n) is 14.8. The van der Waals surface area contributed by atoms with Gasteiger partial charge in [-0.2, -0.15) is 13.2 Å². The Bertz CT molecular complexity index is 861. The van der Waals surface area contributed by atoms with Crippen LogP contribution in [0.3, 0.4) is 0 Å². The fourth-order valence-corrected chi connectivity index (χ4v) is 3.61. The first-order valence-electron chi connectivity index (χ1n) is 8.60. The number of anilines is 1. The molecule has 1 aliphatic rings. The van der Waals surface area contributed by atoms with Crippen molar-refractivity contribution in [3.05, 3.63) is 34.1 Å². The van der Waals surface area contributed by atoms with Crippen molar-refractivity contribution in [2.45, 2.75) is 32.5 Å². The molecule has 3 rings (SSSR count). The number of nitrogens with one attached hydrogen (secondary N) is 3. The van der Waals surface area contributed by atoms with Crippen molar-refractivity contribution in [2.24, 2.45) is 11.8 Å². The van der Waals surface area contributed by atoms with Crippen LogP contribution in [0.15, 0.2) is 21.3 Å². The number of halogens is 4. The SMILES string of the molecule is C[C@@H]1CNCC[C@@H]1[C@H](C)Nc1cc(-c2n[nH]c(=O)o2)cc(F)c1C(F)(F)F. The van der Waals surface area contributed by atoms with Crippen molar-refractivity contribution in [1.29, 1.82) is 0 Å². The number of alkyl halides is 3. The molecule has 10 heteroatoms. The van der Waals surface area contributed by atoms with Gasteiger partial charge in [-0.1, -0.05) is 6.92 Å². The second kappa shape index (κ2) is 7.34. The Kier molecular flexibility index (Phi) is 5.27. The maximum Gasteiger partial charge on any atom is 0.434 e. The van der Waals surface area contributed by atoms with Crippen molar-refractivity contribution in [1.82, 2.24) is 15.5 Å². The second-order valence-corrected chi connectivity index (χ2v) is 6.86. The van der Waals surface area contributed by atoms with Crippen LogP contribution in [0.25, 0.3) is 11.5 Å². The number of hydrogen-bond donors (Lipinski definition) is 3. The number of aromatic nitrogens is 2. The Balaban J connectivity index is 2.00. The Morgan fingerprint density at radius 3 is 2.70 bits per heavy atom. The number of nitrogens with zero attached hydrogens (tertiary/aromatic N) is 1. The van der Waals surface area contributed by atoms with Gasteiger partial charge in [-0.05, 0) is 50.4 Å². The van der Waals surface area contributed by atoms with Crippen molar-refractivity contribution in [3.63, 3.8) is 0 Å². The molecular formula is C17H20F4N4O2. The maximum atomic E-state index is 14.3. The van der Waals surface area contributed by atoms with Crippen LogP contribution in [0.5, 0.6) is 0 Å². The van der Waals surface area contributed by atoms with E-state index in [1.807, 2.05) is 12.0 Å². The molecule has 1 aromatic carbocycles. The van der Waals surface area contributed by atoms with Crippen LogP contribution in [-0.4, -0.2) is 29.3 Å². The number of aromatic amines is 1. The van der Waals surface area contributed by atoms with E-state index in [9.17, 15) is 22.4 Å². The molecule has 1 aromatic heterocycles. The molecule has 1 saturated heterocycles. The van der Waals surface area contributed by atoms with E-state index in [2.05, 4.69) is 15.7 Å². The minimum atomic E-state index is -4.88. The average Bonchev–Trinajstić information content (AvgIpc) is 3.00. The van der Waals surface area contributed by atoms with Gasteiger partial charge in [-0.15, -0.1) is 5.10 Å². The van der Waals surface area contributed by atoms with Crippen molar-refractivity contribution < 1.29 is 22.0 Å². The summed E-state index contributed by atoms with van der Waals surface area (Å²) >= 11 is 0. The van der Waals surface area contributed by atoms with Gasteiger partial charge in [0.05, 0.1) is 5.69 Å². The number of benzene rings is 1. The Morgan fingerprint density at radius 2 is 2.11 bits per heavy atom. The Morgan fingerprint density at radius 1 is 1.37 bits per heavy atom. The summed E-state index contributed by atoms with van der Waals surface area (Å²) in [7, 11) is 0. The summed E-state index contributed by atoms with van der Waals surface area (Å²) < 4.78 is 59.4. The molecule has 0 spiro atoms. The Hall–Kier alpha value is -2.36. The average molecular weight is 388 g/mol. The summed E-state index contributed by atoms with van der Waals surface area (Å²) in [5, 5.41) is 11.6. The standard InChI is InChI=1S/C17H20F4N4O2/c1-8-7-22-4-3-11(8)9(2)23-13-6-10(15-24-25-16(26)27-15)5-12(18)14(13)17(19,20)21/h5-6,8-9,11,22-23H,3-4,7H2,1-2H3,(H,25,26)/t8-,9+,11+/m1/s1. The molecule has 3 atom stereocenters. The van der Waals surface area contributed by atoms with Gasteiger partial charge in [0.1, 0.15) is 11.4 Å². The Labute approximate surface area is 152 Å². The van der Waals surface area contributed by atoms with Crippen molar-refractivity contribution in [3.8, 4) is 11.5 Å². The second-order valence-electron chi connectivity index (χ2n) is 6.86. The van der Waals surface area contributed by atoms with E-state index >= 15 is 0 Å². The quantitative estimate of drug-likeness (QED) is 0.701. The van der Waals surface area contributed by atoms with Crippen LogP contribution in [0.2, 0.25) is 0 Å². The molecule has 148 valence electrons. The van der Waals surface area contributed by atoms with Gasteiger partial charge in [0, 0.05) is 11.6 Å². The van der Waals surface area contributed by atoms with Crippen LogP contribution in [0, 0.1) is 17.7 Å². The lowest BCUT2D eigenvalue weighted by Crippen LogP contribution is -2.42. The van der Waals surface area contributed by atoms with Crippen LogP contribution >= 0.6 is 0 Å². The molecule has 2 heterocycles. The number of piperidine rings is 1. The number of hydrogen-bond acceptors (Lipinski definition) is 5. The van der Waals surface area contributed by atoms with E-state index in [-0.39, 0.29) is 29.3 Å². The number of rotatable bonds is 4. The highest BCUT2D eigenvalue weighted by atomic mass is 19.4. The molecule has 0 radical (unpaired) electrons. The van der Waals surface area contributed by atoms with Gasteiger partial charge in [0.15, 0.2) is 0 Å². The smallest absolute Gasteiger partial charge is 0.388 e. The summed E-state index contributed by atoms with van der Waals surface area (Å²) in [5.41, 5.74) is -1.84. The summed E-state index contributed by atoms with van der Waals surface area (Å²) in [4.78, 5) is 11.1. The molecule has 6 nitrogen and oxygen atoms in total. The van der Waals surface area contributed by atoms with Gasteiger partial charge in [-0.25, -0.2) is 14.3 Å². The van der Waals surface area contributed by atoms with Gasteiger partial charge in [-0.3, -0.25) is 0 Å². The maximum absolute atomic E-state index is 14.3. The van der Waals surface area contributed by atoms with E-state index in [1.54, 1.807) is 6.92 Å². The van der Waals surface area contributed by atoms with Crippen LogP contribution < -0.4 is 16.4 Å². The normalized spacial score (nSPS) is 21.9. The van der Waals surface area contributed by atoms with E-state index in [0.717, 1.165) is 25.6 Å². The highest BCUT2D eigenvalue weighted by Crippen LogP contribution is 2.40. The molecular weight excluding hydrogens is 368 g/mol. The lowest BCUT2D eigenvalue weighted by atomic mass is 9.82. The van der Waals surface area contributed by atoms with E-state index in [1.165, 1.54) is 0 Å². The van der Waals surface area contributed by atoms with Gasteiger partial charge in [0.25, 0.3) is 0 Å². The largest absolute Gasteiger partial charge is 0.434 e. The molecule has 1 fully saturated rings. The first kappa shape index (κ1) is 19.4. The van der Waals surface area contributed by atoms with Crippen LogP contribution in [-0.2, 0) is 6.18 Å². The van der Waals surface area contributed by atoms with Crippen molar-refractivity contribution >= 4 is 5.69 Å². The van der Waals surface area contributed by atoms with E-state index < -0.39 is 29.0 Å². The minimum absolute atomic E-state index is 0.0630. The molecule has 0 unspecified atom stereocenters. The monoisotopic (exact) mass is 388 g/mol. The summed E-state index contributed by atoms with van der Waals surface area (Å²) in [5.74, 6) is -2.23.